The molecule has 0 heterocycles. The fourth-order valence-electron chi connectivity index (χ4n) is 1.68. The average molecular weight is 251 g/mol. The lowest BCUT2D eigenvalue weighted by molar-refractivity contribution is -0.115. The fraction of sp³-hybridized carbons (Fsp3) is 0. The molecule has 2 amide bonds. The van der Waals surface area contributed by atoms with Crippen LogP contribution in [0.25, 0.3) is 11.1 Å². The third kappa shape index (κ3) is 3.16. The van der Waals surface area contributed by atoms with Gasteiger partial charge in [-0.1, -0.05) is 49.0 Å². The van der Waals surface area contributed by atoms with Crippen LogP contribution < -0.4 is 5.32 Å². The number of nitrogens with one attached hydrogen (secondary N) is 1. The van der Waals surface area contributed by atoms with Gasteiger partial charge < -0.3 is 0 Å². The van der Waals surface area contributed by atoms with Crippen LogP contribution in [-0.4, -0.2) is 11.8 Å². The second-order valence-corrected chi connectivity index (χ2v) is 3.97. The van der Waals surface area contributed by atoms with Crippen LogP contribution in [0.15, 0.2) is 67.3 Å². The Labute approximate surface area is 111 Å². The van der Waals surface area contributed by atoms with Crippen LogP contribution in [0.3, 0.4) is 0 Å². The second-order valence-electron chi connectivity index (χ2n) is 3.97. The Kier molecular flexibility index (Phi) is 3.88. The first-order valence-corrected chi connectivity index (χ1v) is 5.84. The van der Waals surface area contributed by atoms with Crippen molar-refractivity contribution < 1.29 is 9.59 Å². The minimum Gasteiger partial charge on any atom is -0.289 e. The van der Waals surface area contributed by atoms with Gasteiger partial charge in [-0.15, -0.1) is 0 Å². The maximum Gasteiger partial charge on any atom is 0.258 e. The van der Waals surface area contributed by atoms with Crippen LogP contribution in [0.5, 0.6) is 0 Å². The minimum absolute atomic E-state index is 0.426. The van der Waals surface area contributed by atoms with Gasteiger partial charge >= 0.3 is 0 Å². The molecule has 0 atom stereocenters. The van der Waals surface area contributed by atoms with Crippen LogP contribution >= 0.6 is 0 Å². The molecule has 3 nitrogen and oxygen atoms in total. The summed E-state index contributed by atoms with van der Waals surface area (Å²) < 4.78 is 0. The molecule has 0 saturated carbocycles. The lowest BCUT2D eigenvalue weighted by Gasteiger charge is -2.04. The van der Waals surface area contributed by atoms with E-state index in [1.807, 2.05) is 42.5 Å². The summed E-state index contributed by atoms with van der Waals surface area (Å²) in [6.07, 6.45) is 1.07. The Bertz CT molecular complexity index is 600. The molecule has 0 bridgehead atoms. The predicted molar refractivity (Wildman–Crippen MR) is 74.5 cm³/mol. The molecular formula is C16H13NO2. The van der Waals surface area contributed by atoms with Crippen molar-refractivity contribution in [2.45, 2.75) is 0 Å². The van der Waals surface area contributed by atoms with Crippen LogP contribution in [0.1, 0.15) is 10.4 Å². The van der Waals surface area contributed by atoms with Crippen LogP contribution in [0.2, 0.25) is 0 Å². The van der Waals surface area contributed by atoms with E-state index in [2.05, 4.69) is 11.9 Å². The van der Waals surface area contributed by atoms with Crippen molar-refractivity contribution >= 4 is 11.8 Å². The second kappa shape index (κ2) is 5.78. The van der Waals surface area contributed by atoms with Gasteiger partial charge in [0.15, 0.2) is 0 Å². The van der Waals surface area contributed by atoms with Gasteiger partial charge in [-0.25, -0.2) is 0 Å². The molecule has 0 fully saturated rings. The van der Waals surface area contributed by atoms with Crippen molar-refractivity contribution in [3.05, 3.63) is 72.8 Å². The first-order valence-electron chi connectivity index (χ1n) is 5.84. The van der Waals surface area contributed by atoms with E-state index in [1.54, 1.807) is 12.1 Å². The summed E-state index contributed by atoms with van der Waals surface area (Å²) in [6.45, 7) is 3.30. The van der Waals surface area contributed by atoms with Crippen LogP contribution in [0, 0.1) is 0 Å². The van der Waals surface area contributed by atoms with E-state index in [1.165, 1.54) is 0 Å². The zero-order valence-electron chi connectivity index (χ0n) is 10.3. The maximum atomic E-state index is 11.7. The molecule has 2 aromatic rings. The molecule has 94 valence electrons. The molecule has 0 aliphatic rings. The highest BCUT2D eigenvalue weighted by atomic mass is 16.2. The van der Waals surface area contributed by atoms with E-state index in [-0.39, 0.29) is 0 Å². The lowest BCUT2D eigenvalue weighted by Crippen LogP contribution is -2.28. The van der Waals surface area contributed by atoms with Gasteiger partial charge in [-0.2, -0.15) is 0 Å². The van der Waals surface area contributed by atoms with Gasteiger partial charge in [0.1, 0.15) is 0 Å². The molecule has 19 heavy (non-hydrogen) atoms. The summed E-state index contributed by atoms with van der Waals surface area (Å²) >= 11 is 0. The van der Waals surface area contributed by atoms with Crippen LogP contribution in [-0.2, 0) is 4.79 Å². The monoisotopic (exact) mass is 251 g/mol. The number of hydrogen-bond donors (Lipinski definition) is 1. The number of amides is 2. The summed E-state index contributed by atoms with van der Waals surface area (Å²) in [5.74, 6) is -0.929. The number of rotatable bonds is 3. The molecule has 0 aliphatic carbocycles. The largest absolute Gasteiger partial charge is 0.289 e. The molecule has 1 N–H and O–H groups in total. The first-order chi connectivity index (χ1) is 9.20. The smallest absolute Gasteiger partial charge is 0.258 e. The maximum absolute atomic E-state index is 11.7. The summed E-state index contributed by atoms with van der Waals surface area (Å²) in [5, 5.41) is 2.21. The van der Waals surface area contributed by atoms with Gasteiger partial charge in [0.25, 0.3) is 5.91 Å². The summed E-state index contributed by atoms with van der Waals surface area (Å²) in [5.41, 5.74) is 2.54. The first kappa shape index (κ1) is 12.8. The quantitative estimate of drug-likeness (QED) is 0.853. The van der Waals surface area contributed by atoms with E-state index in [0.29, 0.717) is 5.56 Å². The van der Waals surface area contributed by atoms with E-state index in [4.69, 9.17) is 0 Å². The average Bonchev–Trinajstić information content (AvgIpc) is 2.48. The highest BCUT2D eigenvalue weighted by Gasteiger charge is 2.07. The Morgan fingerprint density at radius 3 is 2.05 bits per heavy atom. The molecule has 0 aromatic heterocycles. The summed E-state index contributed by atoms with van der Waals surface area (Å²) in [7, 11) is 0. The van der Waals surface area contributed by atoms with Gasteiger partial charge in [-0.05, 0) is 29.3 Å². The molecule has 0 radical (unpaired) electrons. The van der Waals surface area contributed by atoms with E-state index >= 15 is 0 Å². The van der Waals surface area contributed by atoms with Gasteiger partial charge in [-0.3, -0.25) is 14.9 Å². The summed E-state index contributed by atoms with van der Waals surface area (Å²) in [4.78, 5) is 22.7. The third-order valence-corrected chi connectivity index (χ3v) is 2.68. The van der Waals surface area contributed by atoms with E-state index in [9.17, 15) is 9.59 Å². The number of carbonyl (C=O) groups is 2. The standard InChI is InChI=1S/C16H13NO2/c1-2-15(18)17-16(19)14-10-8-13(9-11-14)12-6-4-3-5-7-12/h2-11H,1H2,(H,17,18,19). The van der Waals surface area contributed by atoms with Crippen molar-refractivity contribution in [1.29, 1.82) is 0 Å². The molecule has 2 aromatic carbocycles. The Hall–Kier alpha value is -2.68. The number of imide groups is 1. The lowest BCUT2D eigenvalue weighted by atomic mass is 10.0. The number of benzene rings is 2. The molecule has 0 aliphatic heterocycles. The normalized spacial score (nSPS) is 9.68. The Morgan fingerprint density at radius 1 is 0.895 bits per heavy atom. The highest BCUT2D eigenvalue weighted by Crippen LogP contribution is 2.19. The van der Waals surface area contributed by atoms with Crippen molar-refractivity contribution in [1.82, 2.24) is 5.32 Å². The van der Waals surface area contributed by atoms with Crippen molar-refractivity contribution in [2.75, 3.05) is 0 Å². The van der Waals surface area contributed by atoms with Crippen molar-refractivity contribution in [3.8, 4) is 11.1 Å². The Morgan fingerprint density at radius 2 is 1.47 bits per heavy atom. The van der Waals surface area contributed by atoms with Gasteiger partial charge in [0.2, 0.25) is 5.91 Å². The van der Waals surface area contributed by atoms with Crippen molar-refractivity contribution in [2.24, 2.45) is 0 Å². The fourth-order valence-corrected chi connectivity index (χ4v) is 1.68. The molecule has 0 unspecified atom stereocenters. The molecule has 2 rings (SSSR count). The number of carbonyl (C=O) groups excluding carboxylic acids is 2. The zero-order valence-corrected chi connectivity index (χ0v) is 10.3. The minimum atomic E-state index is -0.503. The van der Waals surface area contributed by atoms with E-state index in [0.717, 1.165) is 17.2 Å². The third-order valence-electron chi connectivity index (χ3n) is 2.68. The predicted octanol–water partition coefficient (Wildman–Crippen LogP) is 2.80. The topological polar surface area (TPSA) is 46.2 Å². The number of hydrogen-bond acceptors (Lipinski definition) is 2. The molecular weight excluding hydrogens is 238 g/mol. The van der Waals surface area contributed by atoms with Crippen LogP contribution in [0.4, 0.5) is 0 Å². The molecule has 0 spiro atoms. The molecule has 3 heteroatoms. The van der Waals surface area contributed by atoms with Gasteiger partial charge in [0.05, 0.1) is 0 Å². The zero-order chi connectivity index (χ0) is 13.7. The van der Waals surface area contributed by atoms with Gasteiger partial charge in [0, 0.05) is 5.56 Å². The Balaban J connectivity index is 2.17. The summed E-state index contributed by atoms with van der Waals surface area (Å²) in [6, 6.07) is 16.9. The highest BCUT2D eigenvalue weighted by molar-refractivity contribution is 6.07. The molecule has 0 saturated heterocycles. The van der Waals surface area contributed by atoms with E-state index < -0.39 is 11.8 Å². The van der Waals surface area contributed by atoms with Crippen molar-refractivity contribution in [3.63, 3.8) is 0 Å². The SMILES string of the molecule is C=CC(=O)NC(=O)c1ccc(-c2ccccc2)cc1.